The van der Waals surface area contributed by atoms with E-state index in [1.54, 1.807) is 35.9 Å². The molecule has 0 spiro atoms. The summed E-state index contributed by atoms with van der Waals surface area (Å²) in [5.74, 6) is 0.316. The molecule has 0 amide bonds. The second-order valence-corrected chi connectivity index (χ2v) is 4.56. The summed E-state index contributed by atoms with van der Waals surface area (Å²) < 4.78 is 11.6. The third kappa shape index (κ3) is 2.22. The highest BCUT2D eigenvalue weighted by molar-refractivity contribution is 5.90. The number of benzene rings is 1. The number of fused-ring (bicyclic) bond motifs is 1. The van der Waals surface area contributed by atoms with E-state index >= 15 is 0 Å². The first kappa shape index (κ1) is 13.9. The second kappa shape index (κ2) is 5.36. The zero-order valence-corrected chi connectivity index (χ0v) is 12.1. The molecule has 2 N–H and O–H groups in total. The number of pyridine rings is 1. The van der Waals surface area contributed by atoms with Crippen LogP contribution in [0.2, 0.25) is 0 Å². The minimum absolute atomic E-state index is 0.148. The van der Waals surface area contributed by atoms with Crippen LogP contribution in [0.1, 0.15) is 10.4 Å². The van der Waals surface area contributed by atoms with E-state index in [1.165, 1.54) is 7.11 Å². The van der Waals surface area contributed by atoms with Crippen LogP contribution in [-0.4, -0.2) is 34.8 Å². The zero-order valence-electron chi connectivity index (χ0n) is 12.1. The predicted octanol–water partition coefficient (Wildman–Crippen LogP) is 1.77. The summed E-state index contributed by atoms with van der Waals surface area (Å²) in [6.45, 7) is 0. The van der Waals surface area contributed by atoms with Crippen LogP contribution in [0.15, 0.2) is 36.4 Å². The van der Waals surface area contributed by atoms with E-state index in [9.17, 15) is 4.79 Å². The molecule has 0 radical (unpaired) electrons. The van der Waals surface area contributed by atoms with Crippen LogP contribution in [0.4, 0.5) is 5.95 Å². The number of carbonyl (C=O) groups excluding carboxylic acids is 1. The Balaban J connectivity index is 2.20. The van der Waals surface area contributed by atoms with Crippen molar-refractivity contribution in [1.82, 2.24) is 14.6 Å². The highest BCUT2D eigenvalue weighted by atomic mass is 16.5. The van der Waals surface area contributed by atoms with E-state index < -0.39 is 5.97 Å². The summed E-state index contributed by atoms with van der Waals surface area (Å²) in [6.07, 6.45) is 0. The van der Waals surface area contributed by atoms with Crippen LogP contribution < -0.4 is 10.5 Å². The summed E-state index contributed by atoms with van der Waals surface area (Å²) in [6, 6.07) is 10.7. The standard InChI is InChI=1S/C15H14N4O3/c1-21-12-7-6-11(19-13(12)17-15(16)18-19)9-4-3-5-10(8-9)14(20)22-2/h3-8H,1-2H3,(H2,16,18). The van der Waals surface area contributed by atoms with Gasteiger partial charge in [0.1, 0.15) is 0 Å². The van der Waals surface area contributed by atoms with Crippen molar-refractivity contribution in [1.29, 1.82) is 0 Å². The van der Waals surface area contributed by atoms with Gasteiger partial charge in [-0.05, 0) is 24.3 Å². The average molecular weight is 298 g/mol. The molecule has 0 atom stereocenters. The van der Waals surface area contributed by atoms with Crippen molar-refractivity contribution in [2.75, 3.05) is 20.0 Å². The van der Waals surface area contributed by atoms with Crippen molar-refractivity contribution in [3.8, 4) is 17.0 Å². The molecule has 3 aromatic rings. The van der Waals surface area contributed by atoms with Crippen LogP contribution in [0.3, 0.4) is 0 Å². The maximum absolute atomic E-state index is 11.7. The SMILES string of the molecule is COC(=O)c1cccc(-c2ccc(OC)c3nc(N)nn23)c1. The van der Waals surface area contributed by atoms with Crippen molar-refractivity contribution in [2.45, 2.75) is 0 Å². The molecular weight excluding hydrogens is 284 g/mol. The monoisotopic (exact) mass is 298 g/mol. The van der Waals surface area contributed by atoms with Gasteiger partial charge in [-0.1, -0.05) is 12.1 Å². The third-order valence-corrected chi connectivity index (χ3v) is 3.26. The Bertz CT molecular complexity index is 857. The number of ether oxygens (including phenoxy) is 2. The molecule has 7 nitrogen and oxygen atoms in total. The van der Waals surface area contributed by atoms with Crippen molar-refractivity contribution in [3.05, 3.63) is 42.0 Å². The Morgan fingerprint density at radius 3 is 2.77 bits per heavy atom. The number of hydrogen-bond acceptors (Lipinski definition) is 6. The highest BCUT2D eigenvalue weighted by Gasteiger charge is 2.14. The molecule has 0 aliphatic heterocycles. The molecule has 0 fully saturated rings. The van der Waals surface area contributed by atoms with Gasteiger partial charge in [-0.25, -0.2) is 9.31 Å². The molecule has 3 rings (SSSR count). The molecule has 22 heavy (non-hydrogen) atoms. The van der Waals surface area contributed by atoms with Crippen LogP contribution >= 0.6 is 0 Å². The Kier molecular flexibility index (Phi) is 3.38. The summed E-state index contributed by atoms with van der Waals surface area (Å²) in [4.78, 5) is 15.8. The second-order valence-electron chi connectivity index (χ2n) is 4.56. The van der Waals surface area contributed by atoms with Crippen LogP contribution in [0, 0.1) is 0 Å². The normalized spacial score (nSPS) is 10.6. The molecule has 0 aliphatic carbocycles. The zero-order chi connectivity index (χ0) is 15.7. The van der Waals surface area contributed by atoms with Gasteiger partial charge in [-0.15, -0.1) is 5.10 Å². The van der Waals surface area contributed by atoms with Gasteiger partial charge in [0.2, 0.25) is 5.95 Å². The minimum Gasteiger partial charge on any atom is -0.493 e. The fourth-order valence-electron chi connectivity index (χ4n) is 2.26. The number of rotatable bonds is 3. The number of methoxy groups -OCH3 is 2. The number of nitrogen functional groups attached to an aromatic ring is 1. The first-order valence-corrected chi connectivity index (χ1v) is 6.52. The summed E-state index contributed by atoms with van der Waals surface area (Å²) in [5, 5.41) is 4.18. The van der Waals surface area contributed by atoms with E-state index in [0.717, 1.165) is 11.3 Å². The number of esters is 1. The Morgan fingerprint density at radius 2 is 2.05 bits per heavy atom. The Labute approximate surface area is 126 Å². The van der Waals surface area contributed by atoms with Crippen LogP contribution in [0.5, 0.6) is 5.75 Å². The molecule has 2 aromatic heterocycles. The summed E-state index contributed by atoms with van der Waals surface area (Å²) >= 11 is 0. The number of anilines is 1. The van der Waals surface area contributed by atoms with Gasteiger partial charge in [-0.2, -0.15) is 4.98 Å². The van der Waals surface area contributed by atoms with Gasteiger partial charge in [0.15, 0.2) is 11.4 Å². The molecule has 0 saturated heterocycles. The fourth-order valence-corrected chi connectivity index (χ4v) is 2.26. The molecule has 2 heterocycles. The van der Waals surface area contributed by atoms with Crippen molar-refractivity contribution in [3.63, 3.8) is 0 Å². The van der Waals surface area contributed by atoms with Crippen LogP contribution in [-0.2, 0) is 4.74 Å². The molecule has 0 unspecified atom stereocenters. The largest absolute Gasteiger partial charge is 0.493 e. The lowest BCUT2D eigenvalue weighted by Crippen LogP contribution is -2.02. The quantitative estimate of drug-likeness (QED) is 0.741. The number of carbonyl (C=O) groups is 1. The first-order valence-electron chi connectivity index (χ1n) is 6.52. The number of nitrogens with zero attached hydrogens (tertiary/aromatic N) is 3. The Hall–Kier alpha value is -3.09. The highest BCUT2D eigenvalue weighted by Crippen LogP contribution is 2.27. The smallest absolute Gasteiger partial charge is 0.337 e. The lowest BCUT2D eigenvalue weighted by Gasteiger charge is -2.08. The van der Waals surface area contributed by atoms with E-state index in [0.29, 0.717) is 17.0 Å². The predicted molar refractivity (Wildman–Crippen MR) is 80.7 cm³/mol. The van der Waals surface area contributed by atoms with Crippen LogP contribution in [0.25, 0.3) is 16.9 Å². The number of aromatic nitrogens is 3. The summed E-state index contributed by atoms with van der Waals surface area (Å²) in [7, 11) is 2.90. The van der Waals surface area contributed by atoms with E-state index in [-0.39, 0.29) is 5.95 Å². The van der Waals surface area contributed by atoms with E-state index in [4.69, 9.17) is 15.2 Å². The third-order valence-electron chi connectivity index (χ3n) is 3.26. The molecule has 1 aromatic carbocycles. The van der Waals surface area contributed by atoms with Crippen molar-refractivity contribution in [2.24, 2.45) is 0 Å². The topological polar surface area (TPSA) is 91.7 Å². The first-order chi connectivity index (χ1) is 10.6. The van der Waals surface area contributed by atoms with E-state index in [1.807, 2.05) is 12.1 Å². The molecule has 0 saturated carbocycles. The average Bonchev–Trinajstić information content (AvgIpc) is 2.94. The Morgan fingerprint density at radius 1 is 1.23 bits per heavy atom. The van der Waals surface area contributed by atoms with Gasteiger partial charge in [0.25, 0.3) is 0 Å². The lowest BCUT2D eigenvalue weighted by molar-refractivity contribution is 0.0601. The fraction of sp³-hybridized carbons (Fsp3) is 0.133. The number of nitrogens with two attached hydrogens (primary N) is 1. The molecule has 0 bridgehead atoms. The maximum Gasteiger partial charge on any atom is 0.337 e. The molecule has 0 aliphatic rings. The van der Waals surface area contributed by atoms with Gasteiger partial charge < -0.3 is 15.2 Å². The maximum atomic E-state index is 11.7. The number of hydrogen-bond donors (Lipinski definition) is 1. The van der Waals surface area contributed by atoms with Gasteiger partial charge in [-0.3, -0.25) is 0 Å². The van der Waals surface area contributed by atoms with Crippen molar-refractivity contribution >= 4 is 17.6 Å². The van der Waals surface area contributed by atoms with Gasteiger partial charge in [0, 0.05) is 5.56 Å². The summed E-state index contributed by atoms with van der Waals surface area (Å²) in [5.41, 5.74) is 8.19. The molecule has 7 heteroatoms. The lowest BCUT2D eigenvalue weighted by atomic mass is 10.1. The molecule has 112 valence electrons. The molecular formula is C15H14N4O3. The van der Waals surface area contributed by atoms with Gasteiger partial charge >= 0.3 is 5.97 Å². The van der Waals surface area contributed by atoms with Gasteiger partial charge in [0.05, 0.1) is 25.5 Å². The van der Waals surface area contributed by atoms with E-state index in [2.05, 4.69) is 10.1 Å². The van der Waals surface area contributed by atoms with Crippen molar-refractivity contribution < 1.29 is 14.3 Å². The minimum atomic E-state index is -0.398.